The van der Waals surface area contributed by atoms with Gasteiger partial charge in [0.1, 0.15) is 5.76 Å². The van der Waals surface area contributed by atoms with E-state index in [0.29, 0.717) is 0 Å². The minimum absolute atomic E-state index is 0.965. The van der Waals surface area contributed by atoms with E-state index in [1.165, 1.54) is 27.8 Å². The molecule has 0 aliphatic heterocycles. The summed E-state index contributed by atoms with van der Waals surface area (Å²) in [5.41, 5.74) is 6.50. The first-order valence-corrected chi connectivity index (χ1v) is 7.85. The topological polar surface area (TPSA) is 9.23 Å². The van der Waals surface area contributed by atoms with Crippen molar-refractivity contribution in [3.05, 3.63) is 88.7 Å². The Bertz CT molecular complexity index is 690. The van der Waals surface area contributed by atoms with Gasteiger partial charge in [0.15, 0.2) is 0 Å². The fourth-order valence-electron chi connectivity index (χ4n) is 3.03. The van der Waals surface area contributed by atoms with Gasteiger partial charge in [0.2, 0.25) is 0 Å². The van der Waals surface area contributed by atoms with Crippen LogP contribution in [0.15, 0.2) is 72.0 Å². The Morgan fingerprint density at radius 3 is 2.36 bits per heavy atom. The number of benzene rings is 2. The quantitative estimate of drug-likeness (QED) is 0.741. The van der Waals surface area contributed by atoms with Gasteiger partial charge in [0.05, 0.1) is 7.11 Å². The predicted octanol–water partition coefficient (Wildman–Crippen LogP) is 5.32. The molecule has 1 aliphatic carbocycles. The smallest absolute Gasteiger partial charge is 0.125 e. The van der Waals surface area contributed by atoms with E-state index in [2.05, 4.69) is 67.6 Å². The molecule has 0 saturated carbocycles. The average Bonchev–Trinajstić information content (AvgIpc) is 2.56. The molecule has 1 aliphatic rings. The van der Waals surface area contributed by atoms with Gasteiger partial charge in [-0.25, -0.2) is 0 Å². The van der Waals surface area contributed by atoms with Gasteiger partial charge < -0.3 is 4.74 Å². The van der Waals surface area contributed by atoms with Crippen molar-refractivity contribution in [3.8, 4) is 0 Å². The lowest BCUT2D eigenvalue weighted by molar-refractivity contribution is 0.302. The van der Waals surface area contributed by atoms with Crippen LogP contribution in [0.1, 0.15) is 29.5 Å². The Morgan fingerprint density at radius 1 is 0.955 bits per heavy atom. The van der Waals surface area contributed by atoms with Crippen LogP contribution in [0.25, 0.3) is 5.57 Å². The molecule has 0 amide bonds. The molecular formula is C21H22O. The number of hydrogen-bond acceptors (Lipinski definition) is 1. The first kappa shape index (κ1) is 14.6. The molecule has 0 bridgehead atoms. The SMILES string of the molecule is COC1=C(Cc2ccccc2)CCC=C1c1ccc(C)cc1. The average molecular weight is 290 g/mol. The number of rotatable bonds is 4. The number of aryl methyl sites for hydroxylation is 1. The highest BCUT2D eigenvalue weighted by Crippen LogP contribution is 2.34. The molecule has 2 aromatic rings. The van der Waals surface area contributed by atoms with Crippen LogP contribution >= 0.6 is 0 Å². The molecule has 0 unspecified atom stereocenters. The standard InChI is InChI=1S/C21H22O/c1-16-11-13-18(14-12-16)20-10-6-9-19(21(20)22-2)15-17-7-4-3-5-8-17/h3-5,7-8,10-14H,6,9,15H2,1-2H3. The number of ether oxygens (including phenoxy) is 1. The molecule has 2 aromatic carbocycles. The van der Waals surface area contributed by atoms with Gasteiger partial charge in [0.25, 0.3) is 0 Å². The highest BCUT2D eigenvalue weighted by Gasteiger charge is 2.18. The van der Waals surface area contributed by atoms with Crippen LogP contribution in [0.3, 0.4) is 0 Å². The van der Waals surface area contributed by atoms with Crippen molar-refractivity contribution in [2.24, 2.45) is 0 Å². The monoisotopic (exact) mass is 290 g/mol. The zero-order chi connectivity index (χ0) is 15.4. The lowest BCUT2D eigenvalue weighted by Gasteiger charge is -2.21. The van der Waals surface area contributed by atoms with Crippen molar-refractivity contribution in [1.82, 2.24) is 0 Å². The minimum Gasteiger partial charge on any atom is -0.496 e. The number of hydrogen-bond donors (Lipinski definition) is 0. The van der Waals surface area contributed by atoms with Gasteiger partial charge in [0, 0.05) is 5.57 Å². The van der Waals surface area contributed by atoms with Crippen LogP contribution in [0, 0.1) is 6.92 Å². The molecule has 0 aromatic heterocycles. The second kappa shape index (κ2) is 6.65. The van der Waals surface area contributed by atoms with Crippen molar-refractivity contribution in [2.45, 2.75) is 26.2 Å². The summed E-state index contributed by atoms with van der Waals surface area (Å²) in [5.74, 6) is 1.05. The third-order valence-corrected chi connectivity index (χ3v) is 4.19. The maximum Gasteiger partial charge on any atom is 0.125 e. The van der Waals surface area contributed by atoms with Gasteiger partial charge >= 0.3 is 0 Å². The molecule has 22 heavy (non-hydrogen) atoms. The number of methoxy groups -OCH3 is 1. The summed E-state index contributed by atoms with van der Waals surface area (Å²) < 4.78 is 5.78. The molecule has 0 atom stereocenters. The summed E-state index contributed by atoms with van der Waals surface area (Å²) in [7, 11) is 1.79. The zero-order valence-electron chi connectivity index (χ0n) is 13.3. The Balaban J connectivity index is 1.94. The molecule has 3 rings (SSSR count). The van der Waals surface area contributed by atoms with Crippen molar-refractivity contribution >= 4 is 5.57 Å². The lowest BCUT2D eigenvalue weighted by atomic mass is 9.89. The normalized spacial score (nSPS) is 14.7. The van der Waals surface area contributed by atoms with Crippen LogP contribution in [0.4, 0.5) is 0 Å². The lowest BCUT2D eigenvalue weighted by Crippen LogP contribution is -2.05. The van der Waals surface area contributed by atoms with E-state index in [4.69, 9.17) is 4.74 Å². The largest absolute Gasteiger partial charge is 0.496 e. The molecule has 0 spiro atoms. The summed E-state index contributed by atoms with van der Waals surface area (Å²) in [5, 5.41) is 0. The molecule has 0 heterocycles. The third kappa shape index (κ3) is 3.14. The Morgan fingerprint density at radius 2 is 1.68 bits per heavy atom. The highest BCUT2D eigenvalue weighted by molar-refractivity contribution is 5.79. The molecule has 0 N–H and O–H groups in total. The van der Waals surface area contributed by atoms with Gasteiger partial charge in [-0.3, -0.25) is 0 Å². The molecular weight excluding hydrogens is 268 g/mol. The highest BCUT2D eigenvalue weighted by atomic mass is 16.5. The van der Waals surface area contributed by atoms with Crippen LogP contribution in [-0.4, -0.2) is 7.11 Å². The molecule has 1 nitrogen and oxygen atoms in total. The van der Waals surface area contributed by atoms with E-state index in [1.54, 1.807) is 7.11 Å². The summed E-state index contributed by atoms with van der Waals surface area (Å²) >= 11 is 0. The Hall–Kier alpha value is -2.28. The van der Waals surface area contributed by atoms with Crippen molar-refractivity contribution in [2.75, 3.05) is 7.11 Å². The van der Waals surface area contributed by atoms with E-state index in [9.17, 15) is 0 Å². The van der Waals surface area contributed by atoms with Crippen molar-refractivity contribution < 1.29 is 4.74 Å². The predicted molar refractivity (Wildman–Crippen MR) is 92.6 cm³/mol. The molecule has 112 valence electrons. The van der Waals surface area contributed by atoms with Crippen molar-refractivity contribution in [1.29, 1.82) is 0 Å². The summed E-state index contributed by atoms with van der Waals surface area (Å²) in [6.07, 6.45) is 5.43. The van der Waals surface area contributed by atoms with Crippen LogP contribution in [0.2, 0.25) is 0 Å². The van der Waals surface area contributed by atoms with E-state index in [1.807, 2.05) is 0 Å². The van der Waals surface area contributed by atoms with Crippen LogP contribution in [0.5, 0.6) is 0 Å². The van der Waals surface area contributed by atoms with Crippen LogP contribution in [-0.2, 0) is 11.2 Å². The Kier molecular flexibility index (Phi) is 4.43. The molecule has 1 heteroatoms. The second-order valence-corrected chi connectivity index (χ2v) is 5.82. The van der Waals surface area contributed by atoms with E-state index in [-0.39, 0.29) is 0 Å². The van der Waals surface area contributed by atoms with E-state index < -0.39 is 0 Å². The van der Waals surface area contributed by atoms with Gasteiger partial charge in [-0.2, -0.15) is 0 Å². The summed E-state index contributed by atoms with van der Waals surface area (Å²) in [6, 6.07) is 19.3. The van der Waals surface area contributed by atoms with Crippen molar-refractivity contribution in [3.63, 3.8) is 0 Å². The second-order valence-electron chi connectivity index (χ2n) is 5.82. The van der Waals surface area contributed by atoms with E-state index in [0.717, 1.165) is 25.0 Å². The minimum atomic E-state index is 0.965. The maximum absolute atomic E-state index is 5.78. The first-order valence-electron chi connectivity index (χ1n) is 7.85. The molecule has 0 saturated heterocycles. The Labute approximate surface area is 133 Å². The summed E-state index contributed by atoms with van der Waals surface area (Å²) in [6.45, 7) is 2.12. The van der Waals surface area contributed by atoms with Gasteiger partial charge in [-0.1, -0.05) is 66.2 Å². The fraction of sp³-hybridized carbons (Fsp3) is 0.238. The molecule has 0 radical (unpaired) electrons. The third-order valence-electron chi connectivity index (χ3n) is 4.19. The van der Waals surface area contributed by atoms with Gasteiger partial charge in [-0.05, 0) is 42.9 Å². The zero-order valence-corrected chi connectivity index (χ0v) is 13.3. The van der Waals surface area contributed by atoms with Gasteiger partial charge in [-0.15, -0.1) is 0 Å². The fourth-order valence-corrected chi connectivity index (χ4v) is 3.03. The first-order chi connectivity index (χ1) is 10.8. The number of allylic oxidation sites excluding steroid dienone is 3. The van der Waals surface area contributed by atoms with E-state index >= 15 is 0 Å². The molecule has 0 fully saturated rings. The maximum atomic E-state index is 5.78. The summed E-state index contributed by atoms with van der Waals surface area (Å²) in [4.78, 5) is 0. The van der Waals surface area contributed by atoms with Crippen LogP contribution < -0.4 is 0 Å².